The molecule has 0 saturated carbocycles. The van der Waals surface area contributed by atoms with E-state index in [1.807, 2.05) is 84.9 Å². The van der Waals surface area contributed by atoms with Crippen LogP contribution in [0.25, 0.3) is 72.0 Å². The predicted molar refractivity (Wildman–Crippen MR) is 297 cm³/mol. The molecule has 2 aliphatic heterocycles. The van der Waals surface area contributed by atoms with Crippen molar-refractivity contribution in [2.75, 3.05) is 9.80 Å². The number of para-hydroxylation sites is 2. The fourth-order valence-electron chi connectivity index (χ4n) is 10.8. The predicted octanol–water partition coefficient (Wildman–Crippen LogP) is 15.5. The van der Waals surface area contributed by atoms with E-state index in [1.54, 1.807) is 4.57 Å². The summed E-state index contributed by atoms with van der Waals surface area (Å²) in [7, 11) is 0. The summed E-state index contributed by atoms with van der Waals surface area (Å²) < 4.78 is 75.4. The molecular weight excluding hydrogens is 846 g/mol. The lowest BCUT2D eigenvalue weighted by molar-refractivity contribution is 1.16. The highest BCUT2D eigenvalue weighted by atomic mass is 15.2. The van der Waals surface area contributed by atoms with Gasteiger partial charge in [0, 0.05) is 44.9 Å². The van der Waals surface area contributed by atoms with Crippen LogP contribution in [0.1, 0.15) is 11.0 Å². The van der Waals surface area contributed by atoms with Crippen molar-refractivity contribution in [1.82, 2.24) is 4.57 Å². The fraction of sp³-hybridized carbons (Fsp3) is 0. The van der Waals surface area contributed by atoms with Crippen molar-refractivity contribution in [2.45, 2.75) is 0 Å². The first kappa shape index (κ1) is 32.6. The summed E-state index contributed by atoms with van der Waals surface area (Å²) in [4.78, 5) is 4.57. The van der Waals surface area contributed by atoms with Crippen molar-refractivity contribution in [3.05, 3.63) is 267 Å². The van der Waals surface area contributed by atoms with Crippen LogP contribution in [0.3, 0.4) is 0 Å². The minimum atomic E-state index is -0.491. The van der Waals surface area contributed by atoms with Gasteiger partial charge in [-0.3, -0.25) is 0 Å². The number of nitrogens with zero attached hydrogens (tertiary/aromatic N) is 3. The smallest absolute Gasteiger partial charge is 0.252 e. The van der Waals surface area contributed by atoms with Gasteiger partial charge in [-0.05, 0) is 122 Å². The highest BCUT2D eigenvalue weighted by Gasteiger charge is 2.44. The molecule has 0 N–H and O–H groups in total. The number of anilines is 6. The van der Waals surface area contributed by atoms with Crippen molar-refractivity contribution in [2.24, 2.45) is 0 Å². The number of benzene rings is 11. The zero-order valence-electron chi connectivity index (χ0n) is 45.7. The molecule has 14 rings (SSSR count). The first-order valence-corrected chi connectivity index (χ1v) is 23.5. The lowest BCUT2D eigenvalue weighted by Gasteiger charge is -2.44. The summed E-state index contributed by atoms with van der Waals surface area (Å²) in [6.45, 7) is -0.323. The van der Waals surface area contributed by atoms with Crippen LogP contribution >= 0.6 is 0 Å². The van der Waals surface area contributed by atoms with Gasteiger partial charge in [0.1, 0.15) is 0 Å². The molecule has 2 aliphatic rings. The third kappa shape index (κ3) is 6.45. The largest absolute Gasteiger partial charge is 0.311 e. The lowest BCUT2D eigenvalue weighted by atomic mass is 9.33. The first-order chi connectivity index (χ1) is 38.0. The molecule has 0 spiro atoms. The normalized spacial score (nSPS) is 14.1. The SMILES string of the molecule is [2H]c1c([2H])c([2H])c2c(c1[2H])c1c([2H])c([2H])c([2H])c([2H])c1n2-c1cc2c3c(c1)N(c1ccc(-c4ccccc4)cc1)c1cc(-c4ccccc4)ccc1B3c1ccc(-c3ccccc3)cc1N2c1ccc(-c2ccccc2)cc1. The second-order valence-corrected chi connectivity index (χ2v) is 17.9. The molecule has 0 bridgehead atoms. The molecule has 12 aromatic rings. The molecule has 4 heteroatoms. The topological polar surface area (TPSA) is 11.4 Å². The van der Waals surface area contributed by atoms with Gasteiger partial charge in [0.2, 0.25) is 0 Å². The van der Waals surface area contributed by atoms with Gasteiger partial charge in [-0.25, -0.2) is 0 Å². The van der Waals surface area contributed by atoms with Crippen molar-refractivity contribution in [3.63, 3.8) is 0 Å². The maximum Gasteiger partial charge on any atom is 0.252 e. The average Bonchev–Trinajstić information content (AvgIpc) is 3.63. The quantitative estimate of drug-likeness (QED) is 0.148. The van der Waals surface area contributed by atoms with Gasteiger partial charge in [-0.1, -0.05) is 206 Å². The first-order valence-electron chi connectivity index (χ1n) is 27.5. The van der Waals surface area contributed by atoms with Crippen molar-refractivity contribution in [1.29, 1.82) is 0 Å². The van der Waals surface area contributed by atoms with Crippen LogP contribution in [0.4, 0.5) is 34.1 Å². The molecule has 70 heavy (non-hydrogen) atoms. The van der Waals surface area contributed by atoms with Crippen LogP contribution in [0.15, 0.2) is 267 Å². The van der Waals surface area contributed by atoms with E-state index in [0.717, 1.165) is 95.0 Å². The van der Waals surface area contributed by atoms with Gasteiger partial charge in [0.25, 0.3) is 6.71 Å². The molecule has 0 aliphatic carbocycles. The van der Waals surface area contributed by atoms with Crippen molar-refractivity contribution in [3.8, 4) is 50.2 Å². The molecule has 3 nitrogen and oxygen atoms in total. The Kier molecular flexibility index (Phi) is 7.58. The van der Waals surface area contributed by atoms with E-state index in [-0.39, 0.29) is 52.7 Å². The molecule has 0 saturated heterocycles. The molecule has 0 amide bonds. The Morgan fingerprint density at radius 1 is 0.300 bits per heavy atom. The van der Waals surface area contributed by atoms with Crippen LogP contribution in [0.2, 0.25) is 0 Å². The molecule has 0 atom stereocenters. The molecule has 1 aromatic heterocycles. The van der Waals surface area contributed by atoms with Gasteiger partial charge in [0.15, 0.2) is 0 Å². The Balaban J connectivity index is 1.14. The lowest BCUT2D eigenvalue weighted by Crippen LogP contribution is -2.61. The maximum atomic E-state index is 9.61. The monoisotopic (exact) mass is 897 g/mol. The summed E-state index contributed by atoms with van der Waals surface area (Å²) in [6, 6.07) is 72.3. The van der Waals surface area contributed by atoms with E-state index in [1.165, 1.54) is 0 Å². The minimum Gasteiger partial charge on any atom is -0.311 e. The van der Waals surface area contributed by atoms with E-state index >= 15 is 0 Å². The number of rotatable bonds is 7. The van der Waals surface area contributed by atoms with E-state index in [0.29, 0.717) is 5.69 Å². The van der Waals surface area contributed by atoms with Crippen LogP contribution in [-0.4, -0.2) is 11.3 Å². The number of hydrogen-bond donors (Lipinski definition) is 0. The van der Waals surface area contributed by atoms with Crippen LogP contribution in [0, 0.1) is 0 Å². The Labute approximate surface area is 419 Å². The molecule has 326 valence electrons. The van der Waals surface area contributed by atoms with E-state index < -0.39 is 24.2 Å². The van der Waals surface area contributed by atoms with Crippen LogP contribution < -0.4 is 26.2 Å². The maximum absolute atomic E-state index is 9.61. The second-order valence-electron chi connectivity index (χ2n) is 17.9. The van der Waals surface area contributed by atoms with Crippen molar-refractivity contribution >= 4 is 79.0 Å². The molecular formula is C66H44BN3. The zero-order valence-corrected chi connectivity index (χ0v) is 37.7. The van der Waals surface area contributed by atoms with Crippen molar-refractivity contribution < 1.29 is 11.0 Å². The fourth-order valence-corrected chi connectivity index (χ4v) is 10.8. The van der Waals surface area contributed by atoms with E-state index in [2.05, 4.69) is 143 Å². The average molecular weight is 898 g/mol. The van der Waals surface area contributed by atoms with Gasteiger partial charge >= 0.3 is 0 Å². The van der Waals surface area contributed by atoms with Gasteiger partial charge in [0.05, 0.1) is 27.7 Å². The summed E-state index contributed by atoms with van der Waals surface area (Å²) in [5.41, 5.74) is 17.3. The Morgan fingerprint density at radius 3 is 1.04 bits per heavy atom. The minimum absolute atomic E-state index is 0.0182. The van der Waals surface area contributed by atoms with E-state index in [9.17, 15) is 5.48 Å². The molecule has 0 fully saturated rings. The van der Waals surface area contributed by atoms with E-state index in [4.69, 9.17) is 5.48 Å². The molecule has 3 heterocycles. The second kappa shape index (κ2) is 16.3. The van der Waals surface area contributed by atoms with Crippen LogP contribution in [-0.2, 0) is 0 Å². The van der Waals surface area contributed by atoms with Gasteiger partial charge in [-0.15, -0.1) is 0 Å². The zero-order chi connectivity index (χ0) is 53.1. The Morgan fingerprint density at radius 2 is 0.643 bits per heavy atom. The van der Waals surface area contributed by atoms with Gasteiger partial charge in [-0.2, -0.15) is 0 Å². The molecule has 0 unspecified atom stereocenters. The summed E-state index contributed by atoms with van der Waals surface area (Å²) in [5.74, 6) is 0. The highest BCUT2D eigenvalue weighted by molar-refractivity contribution is 7.00. The summed E-state index contributed by atoms with van der Waals surface area (Å²) >= 11 is 0. The number of hydrogen-bond acceptors (Lipinski definition) is 2. The third-order valence-corrected chi connectivity index (χ3v) is 14.0. The molecule has 0 radical (unpaired) electrons. The van der Waals surface area contributed by atoms with Gasteiger partial charge < -0.3 is 14.4 Å². The summed E-state index contributed by atoms with van der Waals surface area (Å²) in [6.07, 6.45) is 0. The van der Waals surface area contributed by atoms with Crippen LogP contribution in [0.5, 0.6) is 0 Å². The number of aromatic nitrogens is 1. The molecule has 11 aromatic carbocycles. The Bertz CT molecular complexity index is 4130. The summed E-state index contributed by atoms with van der Waals surface area (Å²) in [5, 5.41) is 0.0364. The Hall–Kier alpha value is -9.12. The number of fused-ring (bicyclic) bond motifs is 7. The standard InChI is InChI=1S/C66H44BN3/c1-5-17-45(18-6-1)49-29-35-53(36-30-49)68-62-41-51(47-21-9-3-10-22-47)33-39-58(62)67-59-40-34-52(48-23-11-4-12-24-48)42-63(59)69(54-37-31-50(32-38-54)46-19-7-2-8-20-46)65-44-55(43-64(68)66(65)67)70-60-27-15-13-25-56(60)57-26-14-16-28-61(57)70/h1-44H/i13D,14D,15D,16D,25D,26D,27D,28D. The third-order valence-electron chi connectivity index (χ3n) is 14.0. The highest BCUT2D eigenvalue weighted by Crippen LogP contribution is 2.48.